The fraction of sp³-hybridized carbons (Fsp3) is 0.143. The molecule has 3 rings (SSSR count). The summed E-state index contributed by atoms with van der Waals surface area (Å²) in [6, 6.07) is 18.6. The summed E-state index contributed by atoms with van der Waals surface area (Å²) >= 11 is 0. The molecule has 126 valence electrons. The van der Waals surface area contributed by atoms with Gasteiger partial charge < -0.3 is 10.1 Å². The number of rotatable bonds is 4. The van der Waals surface area contributed by atoms with Crippen molar-refractivity contribution in [1.82, 2.24) is 4.98 Å². The number of aromatic nitrogens is 1. The number of hydrogen-bond donors (Lipinski definition) is 1. The predicted molar refractivity (Wildman–Crippen MR) is 99.4 cm³/mol. The van der Waals surface area contributed by atoms with E-state index in [0.717, 1.165) is 28.4 Å². The van der Waals surface area contributed by atoms with Gasteiger partial charge in [-0.15, -0.1) is 0 Å². The van der Waals surface area contributed by atoms with E-state index >= 15 is 0 Å². The van der Waals surface area contributed by atoms with E-state index in [0.29, 0.717) is 11.3 Å². The van der Waals surface area contributed by atoms with E-state index in [1.807, 2.05) is 57.2 Å². The molecule has 2 aromatic carbocycles. The van der Waals surface area contributed by atoms with Crippen molar-refractivity contribution in [2.75, 3.05) is 5.32 Å². The zero-order valence-electron chi connectivity index (χ0n) is 14.5. The van der Waals surface area contributed by atoms with E-state index in [2.05, 4.69) is 10.3 Å². The summed E-state index contributed by atoms with van der Waals surface area (Å²) in [6.45, 7) is 5.80. The van der Waals surface area contributed by atoms with Crippen LogP contribution >= 0.6 is 0 Å². The minimum Gasteiger partial charge on any atom is -0.457 e. The van der Waals surface area contributed by atoms with Crippen molar-refractivity contribution in [2.45, 2.75) is 20.8 Å². The Bertz CT molecular complexity index is 865. The zero-order chi connectivity index (χ0) is 17.8. The first-order chi connectivity index (χ1) is 12.0. The van der Waals surface area contributed by atoms with E-state index in [1.54, 1.807) is 24.3 Å². The summed E-state index contributed by atoms with van der Waals surface area (Å²) < 4.78 is 5.74. The molecule has 1 N–H and O–H groups in total. The summed E-state index contributed by atoms with van der Waals surface area (Å²) in [4.78, 5) is 16.9. The SMILES string of the molecule is Cc1cc(C)c(NC(=O)c2ccc(Oc3ccccc3)cc2)c(C)n1. The van der Waals surface area contributed by atoms with E-state index in [-0.39, 0.29) is 5.91 Å². The quantitative estimate of drug-likeness (QED) is 0.727. The van der Waals surface area contributed by atoms with Gasteiger partial charge in [0, 0.05) is 11.3 Å². The third-order valence-corrected chi connectivity index (χ3v) is 3.86. The number of amides is 1. The number of anilines is 1. The van der Waals surface area contributed by atoms with Gasteiger partial charge in [-0.25, -0.2) is 0 Å². The van der Waals surface area contributed by atoms with Crippen LogP contribution in [0.4, 0.5) is 5.69 Å². The molecular formula is C21H20N2O2. The van der Waals surface area contributed by atoms with Crippen LogP contribution < -0.4 is 10.1 Å². The van der Waals surface area contributed by atoms with Crippen LogP contribution in [-0.4, -0.2) is 10.9 Å². The Kier molecular flexibility index (Phi) is 4.80. The Morgan fingerprint density at radius 2 is 1.56 bits per heavy atom. The molecule has 4 nitrogen and oxygen atoms in total. The number of carbonyl (C=O) groups excluding carboxylic acids is 1. The molecular weight excluding hydrogens is 312 g/mol. The van der Waals surface area contributed by atoms with Gasteiger partial charge >= 0.3 is 0 Å². The van der Waals surface area contributed by atoms with Gasteiger partial charge in [0.25, 0.3) is 5.91 Å². The fourth-order valence-corrected chi connectivity index (χ4v) is 2.70. The summed E-state index contributed by atoms with van der Waals surface area (Å²) in [6.07, 6.45) is 0. The molecule has 0 atom stereocenters. The van der Waals surface area contributed by atoms with E-state index in [1.165, 1.54) is 0 Å². The molecule has 4 heteroatoms. The number of nitrogens with one attached hydrogen (secondary N) is 1. The molecule has 0 saturated heterocycles. The lowest BCUT2D eigenvalue weighted by atomic mass is 10.1. The normalized spacial score (nSPS) is 10.4. The highest BCUT2D eigenvalue weighted by atomic mass is 16.5. The lowest BCUT2D eigenvalue weighted by Gasteiger charge is -2.12. The molecule has 1 aromatic heterocycles. The molecule has 0 fully saturated rings. The minimum absolute atomic E-state index is 0.164. The molecule has 0 saturated carbocycles. The number of ether oxygens (including phenoxy) is 1. The van der Waals surface area contributed by atoms with Crippen molar-refractivity contribution in [3.8, 4) is 11.5 Å². The van der Waals surface area contributed by atoms with Crippen LogP contribution in [0.1, 0.15) is 27.3 Å². The Morgan fingerprint density at radius 3 is 2.20 bits per heavy atom. The highest BCUT2D eigenvalue weighted by Crippen LogP contribution is 2.23. The van der Waals surface area contributed by atoms with E-state index < -0.39 is 0 Å². The number of nitrogens with zero attached hydrogens (tertiary/aromatic N) is 1. The first-order valence-electron chi connectivity index (χ1n) is 8.12. The standard InChI is InChI=1S/C21H20N2O2/c1-14-13-15(2)22-16(3)20(14)23-21(24)17-9-11-19(12-10-17)25-18-7-5-4-6-8-18/h4-13H,1-3H3,(H,23,24). The Hall–Kier alpha value is -3.14. The number of benzene rings is 2. The van der Waals surface area contributed by atoms with Crippen LogP contribution in [0.25, 0.3) is 0 Å². The maximum Gasteiger partial charge on any atom is 0.255 e. The maximum absolute atomic E-state index is 12.5. The van der Waals surface area contributed by atoms with Crippen LogP contribution in [0.5, 0.6) is 11.5 Å². The second-order valence-corrected chi connectivity index (χ2v) is 5.93. The molecule has 25 heavy (non-hydrogen) atoms. The summed E-state index contributed by atoms with van der Waals surface area (Å²) in [7, 11) is 0. The molecule has 0 spiro atoms. The smallest absolute Gasteiger partial charge is 0.255 e. The highest BCUT2D eigenvalue weighted by Gasteiger charge is 2.11. The average Bonchev–Trinajstić information content (AvgIpc) is 2.59. The topological polar surface area (TPSA) is 51.2 Å². The van der Waals surface area contributed by atoms with Crippen molar-refractivity contribution >= 4 is 11.6 Å². The summed E-state index contributed by atoms with van der Waals surface area (Å²) in [5.41, 5.74) is 4.09. The number of hydrogen-bond acceptors (Lipinski definition) is 3. The highest BCUT2D eigenvalue weighted by molar-refractivity contribution is 6.05. The van der Waals surface area contributed by atoms with Gasteiger partial charge in [-0.05, 0) is 68.8 Å². The van der Waals surface area contributed by atoms with Gasteiger partial charge in [0.15, 0.2) is 0 Å². The summed E-state index contributed by atoms with van der Waals surface area (Å²) in [5, 5.41) is 2.95. The van der Waals surface area contributed by atoms with Crippen LogP contribution in [0.15, 0.2) is 60.7 Å². The second-order valence-electron chi connectivity index (χ2n) is 5.93. The average molecular weight is 332 g/mol. The monoisotopic (exact) mass is 332 g/mol. The van der Waals surface area contributed by atoms with Gasteiger partial charge in [0.05, 0.1) is 11.4 Å². The number of aryl methyl sites for hydroxylation is 3. The van der Waals surface area contributed by atoms with Gasteiger partial charge in [-0.2, -0.15) is 0 Å². The van der Waals surface area contributed by atoms with Crippen LogP contribution in [-0.2, 0) is 0 Å². The number of para-hydroxylation sites is 1. The molecule has 0 aliphatic rings. The molecule has 1 amide bonds. The lowest BCUT2D eigenvalue weighted by molar-refractivity contribution is 0.102. The molecule has 1 heterocycles. The Morgan fingerprint density at radius 1 is 0.920 bits per heavy atom. The largest absolute Gasteiger partial charge is 0.457 e. The third kappa shape index (κ3) is 4.04. The molecule has 3 aromatic rings. The predicted octanol–water partition coefficient (Wildman–Crippen LogP) is 5.05. The molecule has 0 aliphatic carbocycles. The Balaban J connectivity index is 1.73. The van der Waals surface area contributed by atoms with Crippen molar-refractivity contribution in [2.24, 2.45) is 0 Å². The molecule has 0 unspecified atom stereocenters. The minimum atomic E-state index is -0.164. The van der Waals surface area contributed by atoms with Gasteiger partial charge in [0.2, 0.25) is 0 Å². The number of pyridine rings is 1. The van der Waals surface area contributed by atoms with Crippen molar-refractivity contribution in [1.29, 1.82) is 0 Å². The molecule has 0 bridgehead atoms. The van der Waals surface area contributed by atoms with Gasteiger partial charge in [-0.1, -0.05) is 18.2 Å². The van der Waals surface area contributed by atoms with Crippen molar-refractivity contribution in [3.05, 3.63) is 83.2 Å². The lowest BCUT2D eigenvalue weighted by Crippen LogP contribution is -2.14. The van der Waals surface area contributed by atoms with Crippen LogP contribution in [0, 0.1) is 20.8 Å². The van der Waals surface area contributed by atoms with Crippen LogP contribution in [0.2, 0.25) is 0 Å². The Labute approximate surface area is 147 Å². The van der Waals surface area contributed by atoms with Crippen LogP contribution in [0.3, 0.4) is 0 Å². The summed E-state index contributed by atoms with van der Waals surface area (Å²) in [5.74, 6) is 1.28. The van der Waals surface area contributed by atoms with Gasteiger partial charge in [-0.3, -0.25) is 9.78 Å². The van der Waals surface area contributed by atoms with Crippen molar-refractivity contribution < 1.29 is 9.53 Å². The molecule has 0 aliphatic heterocycles. The second kappa shape index (κ2) is 7.18. The number of carbonyl (C=O) groups is 1. The third-order valence-electron chi connectivity index (χ3n) is 3.86. The maximum atomic E-state index is 12.5. The fourth-order valence-electron chi connectivity index (χ4n) is 2.70. The first-order valence-corrected chi connectivity index (χ1v) is 8.12. The van der Waals surface area contributed by atoms with Gasteiger partial charge in [0.1, 0.15) is 11.5 Å². The van der Waals surface area contributed by atoms with Crippen molar-refractivity contribution in [3.63, 3.8) is 0 Å². The molecule has 0 radical (unpaired) electrons. The van der Waals surface area contributed by atoms with E-state index in [9.17, 15) is 4.79 Å². The zero-order valence-corrected chi connectivity index (χ0v) is 14.5. The van der Waals surface area contributed by atoms with E-state index in [4.69, 9.17) is 4.74 Å². The first kappa shape index (κ1) is 16.7.